The molecule has 1 saturated carbocycles. The van der Waals surface area contributed by atoms with Gasteiger partial charge in [0.05, 0.1) is 6.10 Å². The predicted octanol–water partition coefficient (Wildman–Crippen LogP) is 1.94. The average molecular weight is 225 g/mol. The van der Waals surface area contributed by atoms with Gasteiger partial charge in [-0.15, -0.1) is 0 Å². The molecule has 3 heteroatoms. The molecule has 0 atom stereocenters. The van der Waals surface area contributed by atoms with Gasteiger partial charge in [0.25, 0.3) is 0 Å². The highest BCUT2D eigenvalue weighted by molar-refractivity contribution is 5.83. The van der Waals surface area contributed by atoms with E-state index in [9.17, 15) is 9.90 Å². The largest absolute Gasteiger partial charge is 0.393 e. The number of amides is 1. The van der Waals surface area contributed by atoms with Crippen molar-refractivity contribution < 1.29 is 9.90 Å². The zero-order valence-electron chi connectivity index (χ0n) is 10.2. The van der Waals surface area contributed by atoms with Crippen molar-refractivity contribution in [3.63, 3.8) is 0 Å². The van der Waals surface area contributed by atoms with Crippen LogP contribution < -0.4 is 0 Å². The van der Waals surface area contributed by atoms with E-state index in [4.69, 9.17) is 0 Å². The summed E-state index contributed by atoms with van der Waals surface area (Å²) in [7, 11) is 0. The standard InChI is InChI=1S/C13H23NO2/c1-2-13(7-3-4-8-13)12(16)14-9-5-11(15)6-10-14/h11,15H,2-10H2,1H3. The van der Waals surface area contributed by atoms with Gasteiger partial charge in [0, 0.05) is 18.5 Å². The second-order valence-corrected chi connectivity index (χ2v) is 5.36. The van der Waals surface area contributed by atoms with Crippen LogP contribution in [0, 0.1) is 5.41 Å². The van der Waals surface area contributed by atoms with Gasteiger partial charge >= 0.3 is 0 Å². The minimum atomic E-state index is -0.190. The van der Waals surface area contributed by atoms with Crippen LogP contribution >= 0.6 is 0 Å². The van der Waals surface area contributed by atoms with Crippen LogP contribution in [0.5, 0.6) is 0 Å². The molecule has 16 heavy (non-hydrogen) atoms. The molecule has 1 aliphatic carbocycles. The van der Waals surface area contributed by atoms with Crippen molar-refractivity contribution in [1.82, 2.24) is 4.90 Å². The highest BCUT2D eigenvalue weighted by Gasteiger charge is 2.42. The van der Waals surface area contributed by atoms with E-state index >= 15 is 0 Å². The van der Waals surface area contributed by atoms with Gasteiger partial charge in [-0.05, 0) is 32.1 Å². The van der Waals surface area contributed by atoms with Crippen LogP contribution in [0.15, 0.2) is 0 Å². The van der Waals surface area contributed by atoms with Crippen LogP contribution in [0.25, 0.3) is 0 Å². The second-order valence-electron chi connectivity index (χ2n) is 5.36. The lowest BCUT2D eigenvalue weighted by molar-refractivity contribution is -0.144. The topological polar surface area (TPSA) is 40.5 Å². The van der Waals surface area contributed by atoms with Gasteiger partial charge in [-0.3, -0.25) is 4.79 Å². The predicted molar refractivity (Wildman–Crippen MR) is 63.0 cm³/mol. The number of nitrogens with zero attached hydrogens (tertiary/aromatic N) is 1. The van der Waals surface area contributed by atoms with Crippen LogP contribution in [0.2, 0.25) is 0 Å². The summed E-state index contributed by atoms with van der Waals surface area (Å²) >= 11 is 0. The molecule has 1 saturated heterocycles. The average Bonchev–Trinajstić information content (AvgIpc) is 2.79. The monoisotopic (exact) mass is 225 g/mol. The van der Waals surface area contributed by atoms with E-state index in [1.54, 1.807) is 0 Å². The van der Waals surface area contributed by atoms with E-state index in [2.05, 4.69) is 6.92 Å². The molecule has 1 amide bonds. The van der Waals surface area contributed by atoms with E-state index in [1.807, 2.05) is 4.90 Å². The van der Waals surface area contributed by atoms with Crippen molar-refractivity contribution in [3.8, 4) is 0 Å². The maximum Gasteiger partial charge on any atom is 0.228 e. The number of rotatable bonds is 2. The van der Waals surface area contributed by atoms with Gasteiger partial charge < -0.3 is 10.0 Å². The molecule has 2 fully saturated rings. The number of carbonyl (C=O) groups excluding carboxylic acids is 1. The number of hydrogen-bond acceptors (Lipinski definition) is 2. The molecule has 2 aliphatic rings. The lowest BCUT2D eigenvalue weighted by Gasteiger charge is -2.37. The first kappa shape index (κ1) is 11.9. The lowest BCUT2D eigenvalue weighted by Crippen LogP contribution is -2.47. The minimum Gasteiger partial charge on any atom is -0.393 e. The molecule has 1 heterocycles. The van der Waals surface area contributed by atoms with E-state index in [1.165, 1.54) is 12.8 Å². The van der Waals surface area contributed by atoms with Crippen LogP contribution in [-0.2, 0) is 4.79 Å². The van der Waals surface area contributed by atoms with E-state index in [-0.39, 0.29) is 11.5 Å². The molecule has 1 aliphatic heterocycles. The van der Waals surface area contributed by atoms with Gasteiger partial charge in [-0.25, -0.2) is 0 Å². The number of piperidine rings is 1. The third-order valence-electron chi connectivity index (χ3n) is 4.44. The zero-order valence-corrected chi connectivity index (χ0v) is 10.2. The van der Waals surface area contributed by atoms with Crippen molar-refractivity contribution in [1.29, 1.82) is 0 Å². The molecule has 0 radical (unpaired) electrons. The molecule has 3 nitrogen and oxygen atoms in total. The Morgan fingerprint density at radius 3 is 2.38 bits per heavy atom. The van der Waals surface area contributed by atoms with Crippen LogP contribution in [0.3, 0.4) is 0 Å². The SMILES string of the molecule is CCC1(C(=O)N2CCC(O)CC2)CCCC1. The second kappa shape index (κ2) is 4.74. The third kappa shape index (κ3) is 2.10. The van der Waals surface area contributed by atoms with Crippen molar-refractivity contribution in [2.75, 3.05) is 13.1 Å². The maximum atomic E-state index is 12.5. The van der Waals surface area contributed by atoms with Gasteiger partial charge in [0.1, 0.15) is 0 Å². The molecule has 0 aromatic heterocycles. The Balaban J connectivity index is 2.00. The normalized spacial score (nSPS) is 26.0. The Morgan fingerprint density at radius 2 is 1.88 bits per heavy atom. The summed E-state index contributed by atoms with van der Waals surface area (Å²) in [5.41, 5.74) is -0.0533. The Labute approximate surface area is 97.8 Å². The number of likely N-dealkylation sites (tertiary alicyclic amines) is 1. The number of hydrogen-bond donors (Lipinski definition) is 1. The molecule has 0 spiro atoms. The molecular weight excluding hydrogens is 202 g/mol. The zero-order chi connectivity index (χ0) is 11.6. The number of carbonyl (C=O) groups is 1. The summed E-state index contributed by atoms with van der Waals surface area (Å²) in [5.74, 6) is 0.361. The number of aliphatic hydroxyl groups is 1. The molecule has 2 rings (SSSR count). The van der Waals surface area contributed by atoms with Crippen molar-refractivity contribution in [2.45, 2.75) is 58.0 Å². The molecule has 1 N–H and O–H groups in total. The van der Waals surface area contributed by atoms with Crippen molar-refractivity contribution >= 4 is 5.91 Å². The molecule has 0 unspecified atom stereocenters. The highest BCUT2D eigenvalue weighted by atomic mass is 16.3. The summed E-state index contributed by atoms with van der Waals surface area (Å²) in [6, 6.07) is 0. The maximum absolute atomic E-state index is 12.5. The first-order chi connectivity index (χ1) is 7.68. The van der Waals surface area contributed by atoms with Gasteiger partial charge in [0.2, 0.25) is 5.91 Å². The molecule has 0 aromatic carbocycles. The minimum absolute atomic E-state index is 0.0533. The summed E-state index contributed by atoms with van der Waals surface area (Å²) in [6.07, 6.45) is 6.85. The van der Waals surface area contributed by atoms with Crippen molar-refractivity contribution in [3.05, 3.63) is 0 Å². The van der Waals surface area contributed by atoms with Gasteiger partial charge in [-0.1, -0.05) is 19.8 Å². The fourth-order valence-electron chi connectivity index (χ4n) is 3.17. The summed E-state index contributed by atoms with van der Waals surface area (Å²) in [5, 5.41) is 9.46. The summed E-state index contributed by atoms with van der Waals surface area (Å²) < 4.78 is 0. The van der Waals surface area contributed by atoms with Crippen LogP contribution in [-0.4, -0.2) is 35.1 Å². The first-order valence-electron chi connectivity index (χ1n) is 6.65. The van der Waals surface area contributed by atoms with E-state index < -0.39 is 0 Å². The third-order valence-corrected chi connectivity index (χ3v) is 4.44. The quantitative estimate of drug-likeness (QED) is 0.780. The molecule has 0 aromatic rings. The Kier molecular flexibility index (Phi) is 3.53. The van der Waals surface area contributed by atoms with Crippen LogP contribution in [0.1, 0.15) is 51.9 Å². The van der Waals surface area contributed by atoms with E-state index in [0.717, 1.165) is 45.2 Å². The fourth-order valence-corrected chi connectivity index (χ4v) is 3.17. The number of aliphatic hydroxyl groups excluding tert-OH is 1. The smallest absolute Gasteiger partial charge is 0.228 e. The summed E-state index contributed by atoms with van der Waals surface area (Å²) in [6.45, 7) is 3.64. The Bertz CT molecular complexity index is 251. The molecule has 92 valence electrons. The Hall–Kier alpha value is -0.570. The fraction of sp³-hybridized carbons (Fsp3) is 0.923. The van der Waals surface area contributed by atoms with Crippen LogP contribution in [0.4, 0.5) is 0 Å². The summed E-state index contributed by atoms with van der Waals surface area (Å²) in [4.78, 5) is 14.5. The van der Waals surface area contributed by atoms with Gasteiger partial charge in [0.15, 0.2) is 0 Å². The first-order valence-corrected chi connectivity index (χ1v) is 6.65. The molecular formula is C13H23NO2. The molecule has 0 bridgehead atoms. The Morgan fingerprint density at radius 1 is 1.31 bits per heavy atom. The lowest BCUT2D eigenvalue weighted by atomic mass is 9.81. The van der Waals surface area contributed by atoms with Crippen molar-refractivity contribution in [2.24, 2.45) is 5.41 Å². The van der Waals surface area contributed by atoms with E-state index in [0.29, 0.717) is 5.91 Å². The van der Waals surface area contributed by atoms with Gasteiger partial charge in [-0.2, -0.15) is 0 Å². The highest BCUT2D eigenvalue weighted by Crippen LogP contribution is 2.42.